The second-order valence-electron chi connectivity index (χ2n) is 10.7. The number of nitrogens with zero attached hydrogens (tertiary/aromatic N) is 3. The highest BCUT2D eigenvalue weighted by molar-refractivity contribution is 7.92. The highest BCUT2D eigenvalue weighted by Crippen LogP contribution is 2.27. The predicted molar refractivity (Wildman–Crippen MR) is 158 cm³/mol. The monoisotopic (exact) mass is 580 g/mol. The van der Waals surface area contributed by atoms with Crippen molar-refractivity contribution in [3.63, 3.8) is 0 Å². The van der Waals surface area contributed by atoms with Crippen LogP contribution in [-0.2, 0) is 26.2 Å². The van der Waals surface area contributed by atoms with Crippen LogP contribution in [0, 0.1) is 17.0 Å². The predicted octanol–water partition coefficient (Wildman–Crippen LogP) is 4.82. The number of hydrogen-bond donors (Lipinski definition) is 1. The molecule has 10 nitrogen and oxygen atoms in total. The Morgan fingerprint density at radius 1 is 0.951 bits per heavy atom. The van der Waals surface area contributed by atoms with Gasteiger partial charge in [-0.15, -0.1) is 0 Å². The molecular weight excluding hydrogens is 544 g/mol. The normalized spacial score (nSPS) is 12.3. The number of amides is 2. The zero-order valence-electron chi connectivity index (χ0n) is 23.9. The molecule has 3 aromatic carbocycles. The zero-order valence-corrected chi connectivity index (χ0v) is 24.7. The van der Waals surface area contributed by atoms with Crippen molar-refractivity contribution < 1.29 is 22.9 Å². The number of carbonyl (C=O) groups is 2. The summed E-state index contributed by atoms with van der Waals surface area (Å²) in [7, 11) is -4.26. The third-order valence-electron chi connectivity index (χ3n) is 6.44. The summed E-state index contributed by atoms with van der Waals surface area (Å²) in [6.07, 6.45) is 0.294. The molecule has 0 aliphatic rings. The van der Waals surface area contributed by atoms with E-state index in [1.807, 2.05) is 52.0 Å². The van der Waals surface area contributed by atoms with Crippen LogP contribution in [0.5, 0.6) is 0 Å². The molecule has 0 bridgehead atoms. The lowest BCUT2D eigenvalue weighted by molar-refractivity contribution is -0.384. The molecular formula is C30H36N4O6S. The second kappa shape index (κ2) is 12.9. The number of anilines is 1. The Morgan fingerprint density at radius 3 is 2.07 bits per heavy atom. The molecule has 0 fully saturated rings. The van der Waals surface area contributed by atoms with Crippen LogP contribution in [0.25, 0.3) is 0 Å². The molecule has 41 heavy (non-hydrogen) atoms. The van der Waals surface area contributed by atoms with E-state index in [-0.39, 0.29) is 28.7 Å². The SMILES string of the molecule is CCC(C(=O)NC(C)(C)C)N(Cc1ccccc1C)C(=O)CN(c1ccc([N+](=O)[O-])cc1)S(=O)(=O)c1ccccc1. The van der Waals surface area contributed by atoms with E-state index in [1.165, 1.54) is 41.3 Å². The quantitative estimate of drug-likeness (QED) is 0.256. The Labute approximate surface area is 241 Å². The lowest BCUT2D eigenvalue weighted by atomic mass is 10.0. The largest absolute Gasteiger partial charge is 0.350 e. The van der Waals surface area contributed by atoms with Crippen LogP contribution >= 0.6 is 0 Å². The summed E-state index contributed by atoms with van der Waals surface area (Å²) >= 11 is 0. The van der Waals surface area contributed by atoms with E-state index in [0.717, 1.165) is 15.4 Å². The molecule has 0 aromatic heterocycles. The Hall–Kier alpha value is -4.25. The van der Waals surface area contributed by atoms with Crippen molar-refractivity contribution in [3.8, 4) is 0 Å². The number of nitro benzene ring substituents is 1. The summed E-state index contributed by atoms with van der Waals surface area (Å²) in [5.74, 6) is -0.947. The summed E-state index contributed by atoms with van der Waals surface area (Å²) in [6, 6.07) is 19.2. The number of sulfonamides is 1. The van der Waals surface area contributed by atoms with Crippen molar-refractivity contribution in [1.29, 1.82) is 0 Å². The number of nitro groups is 1. The van der Waals surface area contributed by atoms with Gasteiger partial charge in [0.2, 0.25) is 11.8 Å². The molecule has 0 aliphatic carbocycles. The van der Waals surface area contributed by atoms with Gasteiger partial charge in [0.25, 0.3) is 15.7 Å². The van der Waals surface area contributed by atoms with Crippen LogP contribution in [0.15, 0.2) is 83.8 Å². The van der Waals surface area contributed by atoms with Crippen molar-refractivity contribution in [2.45, 2.75) is 64.1 Å². The number of carbonyl (C=O) groups excluding carboxylic acids is 2. The lowest BCUT2D eigenvalue weighted by Crippen LogP contribution is -2.55. The van der Waals surface area contributed by atoms with Crippen LogP contribution in [0.2, 0.25) is 0 Å². The molecule has 3 rings (SSSR count). The highest BCUT2D eigenvalue weighted by atomic mass is 32.2. The standard InChI is InChI=1S/C30H36N4O6S/c1-6-27(29(36)31-30(3,4)5)32(20-23-13-11-10-12-22(23)2)28(35)21-33(24-16-18-25(19-17-24)34(37)38)41(39,40)26-14-8-7-9-15-26/h7-19,27H,6,20-21H2,1-5H3,(H,31,36). The first-order chi connectivity index (χ1) is 19.2. The fourth-order valence-corrected chi connectivity index (χ4v) is 5.77. The van der Waals surface area contributed by atoms with E-state index in [2.05, 4.69) is 5.32 Å². The molecule has 2 amide bonds. The molecule has 1 N–H and O–H groups in total. The minimum absolute atomic E-state index is 0.0471. The highest BCUT2D eigenvalue weighted by Gasteiger charge is 2.34. The number of aryl methyl sites for hydroxylation is 1. The van der Waals surface area contributed by atoms with Gasteiger partial charge in [-0.25, -0.2) is 8.42 Å². The fourth-order valence-electron chi connectivity index (χ4n) is 4.33. The minimum atomic E-state index is -4.26. The van der Waals surface area contributed by atoms with Crippen LogP contribution in [-0.4, -0.2) is 48.2 Å². The van der Waals surface area contributed by atoms with Gasteiger partial charge in [-0.2, -0.15) is 0 Å². The first kappa shape index (κ1) is 31.3. The number of benzene rings is 3. The van der Waals surface area contributed by atoms with Crippen molar-refractivity contribution in [1.82, 2.24) is 10.2 Å². The minimum Gasteiger partial charge on any atom is -0.350 e. The maximum absolute atomic E-state index is 14.1. The number of non-ortho nitro benzene ring substituents is 1. The van der Waals surface area contributed by atoms with E-state index < -0.39 is 39.0 Å². The first-order valence-electron chi connectivity index (χ1n) is 13.2. The van der Waals surface area contributed by atoms with Gasteiger partial charge in [-0.3, -0.25) is 24.0 Å². The molecule has 1 unspecified atom stereocenters. The Balaban J connectivity index is 2.09. The van der Waals surface area contributed by atoms with E-state index >= 15 is 0 Å². The summed E-state index contributed by atoms with van der Waals surface area (Å²) in [6.45, 7) is 8.67. The molecule has 0 saturated heterocycles. The van der Waals surface area contributed by atoms with Crippen molar-refractivity contribution in [2.75, 3.05) is 10.8 Å². The summed E-state index contributed by atoms with van der Waals surface area (Å²) < 4.78 is 28.6. The van der Waals surface area contributed by atoms with E-state index in [4.69, 9.17) is 0 Å². The first-order valence-corrected chi connectivity index (χ1v) is 14.7. The molecule has 3 aromatic rings. The topological polar surface area (TPSA) is 130 Å². The van der Waals surface area contributed by atoms with E-state index in [0.29, 0.717) is 6.42 Å². The summed E-state index contributed by atoms with van der Waals surface area (Å²) in [5.41, 5.74) is 1.04. The number of hydrogen-bond acceptors (Lipinski definition) is 6. The van der Waals surface area contributed by atoms with Crippen LogP contribution < -0.4 is 9.62 Å². The average Bonchev–Trinajstić information content (AvgIpc) is 2.92. The average molecular weight is 581 g/mol. The molecule has 11 heteroatoms. The van der Waals surface area contributed by atoms with Gasteiger partial charge in [-0.1, -0.05) is 49.4 Å². The van der Waals surface area contributed by atoms with Gasteiger partial charge in [0.1, 0.15) is 12.6 Å². The second-order valence-corrected chi connectivity index (χ2v) is 12.6. The van der Waals surface area contributed by atoms with Crippen molar-refractivity contribution in [3.05, 3.63) is 100 Å². The maximum atomic E-state index is 14.1. The summed E-state index contributed by atoms with van der Waals surface area (Å²) in [4.78, 5) is 39.5. The van der Waals surface area contributed by atoms with Crippen LogP contribution in [0.4, 0.5) is 11.4 Å². The molecule has 0 spiro atoms. The number of nitrogens with one attached hydrogen (secondary N) is 1. The third kappa shape index (κ3) is 7.91. The van der Waals surface area contributed by atoms with Crippen molar-refractivity contribution >= 4 is 33.2 Å². The summed E-state index contributed by atoms with van der Waals surface area (Å²) in [5, 5.41) is 14.1. The van der Waals surface area contributed by atoms with Crippen LogP contribution in [0.1, 0.15) is 45.2 Å². The maximum Gasteiger partial charge on any atom is 0.269 e. The van der Waals surface area contributed by atoms with E-state index in [9.17, 15) is 28.1 Å². The Kier molecular flexibility index (Phi) is 9.88. The van der Waals surface area contributed by atoms with Gasteiger partial charge >= 0.3 is 0 Å². The van der Waals surface area contributed by atoms with Gasteiger partial charge in [0, 0.05) is 24.2 Å². The Bertz CT molecular complexity index is 1490. The molecule has 0 heterocycles. The molecule has 218 valence electrons. The van der Waals surface area contributed by atoms with Gasteiger partial charge in [0.05, 0.1) is 15.5 Å². The molecule has 0 radical (unpaired) electrons. The van der Waals surface area contributed by atoms with Gasteiger partial charge in [-0.05, 0) is 69.5 Å². The smallest absolute Gasteiger partial charge is 0.269 e. The van der Waals surface area contributed by atoms with Gasteiger partial charge < -0.3 is 10.2 Å². The fraction of sp³-hybridized carbons (Fsp3) is 0.333. The van der Waals surface area contributed by atoms with Gasteiger partial charge in [0.15, 0.2) is 0 Å². The zero-order chi connectivity index (χ0) is 30.4. The molecule has 0 saturated carbocycles. The number of rotatable bonds is 11. The van der Waals surface area contributed by atoms with E-state index in [1.54, 1.807) is 25.1 Å². The molecule has 0 aliphatic heterocycles. The van der Waals surface area contributed by atoms with Crippen molar-refractivity contribution in [2.24, 2.45) is 0 Å². The lowest BCUT2D eigenvalue weighted by Gasteiger charge is -2.35. The Morgan fingerprint density at radius 2 is 1.54 bits per heavy atom. The third-order valence-corrected chi connectivity index (χ3v) is 8.23. The van der Waals surface area contributed by atoms with Crippen LogP contribution in [0.3, 0.4) is 0 Å². The molecule has 1 atom stereocenters.